The summed E-state index contributed by atoms with van der Waals surface area (Å²) >= 11 is 0. The number of ketones is 1. The molecule has 0 aliphatic heterocycles. The van der Waals surface area contributed by atoms with Crippen LogP contribution < -0.4 is 0 Å². The van der Waals surface area contributed by atoms with E-state index in [4.69, 9.17) is 0 Å². The molecule has 0 aliphatic carbocycles. The number of benzene rings is 2. The van der Waals surface area contributed by atoms with Crippen LogP contribution in [0.4, 0.5) is 0 Å². The van der Waals surface area contributed by atoms with Gasteiger partial charge >= 0.3 is 0 Å². The number of allylic oxidation sites excluding steroid dienone is 1. The zero-order chi connectivity index (χ0) is 20.2. The molecule has 0 heterocycles. The molecule has 0 N–H and O–H groups in total. The van der Waals surface area contributed by atoms with Crippen molar-refractivity contribution in [2.24, 2.45) is 0 Å². The van der Waals surface area contributed by atoms with Crippen LogP contribution in [-0.4, -0.2) is 5.78 Å². The quantitative estimate of drug-likeness (QED) is 0.416. The molecule has 0 aromatic heterocycles. The van der Waals surface area contributed by atoms with E-state index >= 15 is 0 Å². The summed E-state index contributed by atoms with van der Waals surface area (Å²) in [7, 11) is 0. The summed E-state index contributed by atoms with van der Waals surface area (Å²) in [5.41, 5.74) is 4.68. The summed E-state index contributed by atoms with van der Waals surface area (Å²) < 4.78 is 0. The lowest BCUT2D eigenvalue weighted by atomic mass is 9.86. The smallest absolute Gasteiger partial charge is 0.163 e. The molecule has 2 rings (SSSR count). The van der Waals surface area contributed by atoms with Crippen molar-refractivity contribution in [2.45, 2.75) is 66.7 Å². The molecule has 1 heteroatoms. The SMILES string of the molecule is C=CC.CC.Cc1ccc(CCC(=O)c2ccc(C(C)(C)C)cc2)cc1. The zero-order valence-corrected chi connectivity index (χ0v) is 17.7. The Bertz CT molecular complexity index is 640. The van der Waals surface area contributed by atoms with Crippen LogP contribution in [0.2, 0.25) is 0 Å². The maximum atomic E-state index is 12.2. The highest BCUT2D eigenvalue weighted by Gasteiger charge is 2.14. The van der Waals surface area contributed by atoms with Gasteiger partial charge in [-0.1, -0.05) is 94.8 Å². The minimum atomic E-state index is 0.128. The van der Waals surface area contributed by atoms with Crippen molar-refractivity contribution < 1.29 is 4.79 Å². The molecule has 0 atom stereocenters. The van der Waals surface area contributed by atoms with E-state index in [0.29, 0.717) is 6.42 Å². The third-order valence-electron chi connectivity index (χ3n) is 3.83. The first-order valence-corrected chi connectivity index (χ1v) is 9.54. The van der Waals surface area contributed by atoms with Crippen LogP contribution in [0.5, 0.6) is 0 Å². The van der Waals surface area contributed by atoms with Crippen LogP contribution in [0.25, 0.3) is 0 Å². The highest BCUT2D eigenvalue weighted by Crippen LogP contribution is 2.22. The van der Waals surface area contributed by atoms with Gasteiger partial charge in [0, 0.05) is 12.0 Å². The van der Waals surface area contributed by atoms with Gasteiger partial charge in [0.25, 0.3) is 0 Å². The Balaban J connectivity index is 0.00000113. The lowest BCUT2D eigenvalue weighted by molar-refractivity contribution is 0.0983. The fourth-order valence-electron chi connectivity index (χ4n) is 2.31. The standard InChI is InChI=1S/C20H24O.C3H6.C2H6/c1-15-5-7-16(8-6-15)9-14-19(21)17-10-12-18(13-11-17)20(2,3)4;1-3-2;1-2/h5-8,10-13H,9,14H2,1-4H3;3H,1H2,2H3;1-2H3. The number of carbonyl (C=O) groups excluding carboxylic acids is 1. The molecule has 0 amide bonds. The van der Waals surface area contributed by atoms with Crippen molar-refractivity contribution in [1.82, 2.24) is 0 Å². The summed E-state index contributed by atoms with van der Waals surface area (Å²) in [5.74, 6) is 0.219. The average Bonchev–Trinajstić information content (AvgIpc) is 2.63. The molecule has 0 saturated carbocycles. The van der Waals surface area contributed by atoms with Crippen LogP contribution in [0.15, 0.2) is 61.2 Å². The molecular weight excluding hydrogens is 316 g/mol. The monoisotopic (exact) mass is 352 g/mol. The number of hydrogen-bond acceptors (Lipinski definition) is 1. The molecular formula is C25H36O. The second-order valence-corrected chi connectivity index (χ2v) is 7.14. The molecule has 0 aliphatic rings. The Labute approximate surface area is 161 Å². The molecule has 0 bridgehead atoms. The van der Waals surface area contributed by atoms with Gasteiger partial charge in [-0.3, -0.25) is 4.79 Å². The zero-order valence-electron chi connectivity index (χ0n) is 17.7. The number of hydrogen-bond donors (Lipinski definition) is 0. The summed E-state index contributed by atoms with van der Waals surface area (Å²) in [5, 5.41) is 0. The fraction of sp³-hybridized carbons (Fsp3) is 0.400. The molecule has 0 unspecified atom stereocenters. The average molecular weight is 353 g/mol. The minimum Gasteiger partial charge on any atom is -0.294 e. The van der Waals surface area contributed by atoms with Gasteiger partial charge < -0.3 is 0 Å². The van der Waals surface area contributed by atoms with E-state index in [2.05, 4.69) is 70.7 Å². The second kappa shape index (κ2) is 12.2. The summed E-state index contributed by atoms with van der Waals surface area (Å²) in [6.07, 6.45) is 3.12. The van der Waals surface area contributed by atoms with Gasteiger partial charge in [-0.2, -0.15) is 0 Å². The molecule has 1 nitrogen and oxygen atoms in total. The fourth-order valence-corrected chi connectivity index (χ4v) is 2.31. The van der Waals surface area contributed by atoms with E-state index in [0.717, 1.165) is 12.0 Å². The molecule has 0 fully saturated rings. The Morgan fingerprint density at radius 1 is 0.962 bits per heavy atom. The van der Waals surface area contributed by atoms with Crippen molar-refractivity contribution in [3.63, 3.8) is 0 Å². The normalized spacial score (nSPS) is 9.96. The number of carbonyl (C=O) groups is 1. The predicted molar refractivity (Wildman–Crippen MR) is 116 cm³/mol. The maximum Gasteiger partial charge on any atom is 0.163 e. The summed E-state index contributed by atoms with van der Waals surface area (Å²) in [6, 6.07) is 16.4. The minimum absolute atomic E-state index is 0.128. The van der Waals surface area contributed by atoms with Crippen LogP contribution in [0, 0.1) is 6.92 Å². The number of aryl methyl sites for hydroxylation is 2. The first-order chi connectivity index (χ1) is 12.3. The van der Waals surface area contributed by atoms with Crippen molar-refractivity contribution in [2.75, 3.05) is 0 Å². The van der Waals surface area contributed by atoms with Gasteiger partial charge in [0.1, 0.15) is 0 Å². The molecule has 0 spiro atoms. The lowest BCUT2D eigenvalue weighted by Gasteiger charge is -2.19. The molecule has 26 heavy (non-hydrogen) atoms. The molecule has 0 saturated heterocycles. The molecule has 2 aromatic carbocycles. The van der Waals surface area contributed by atoms with Crippen molar-refractivity contribution >= 4 is 5.78 Å². The van der Waals surface area contributed by atoms with Gasteiger partial charge in [-0.05, 0) is 36.8 Å². The highest BCUT2D eigenvalue weighted by atomic mass is 16.1. The Kier molecular flexibility index (Phi) is 11.2. The van der Waals surface area contributed by atoms with E-state index in [1.54, 1.807) is 6.08 Å². The number of rotatable bonds is 4. The van der Waals surface area contributed by atoms with Gasteiger partial charge in [0.15, 0.2) is 5.78 Å². The van der Waals surface area contributed by atoms with Crippen LogP contribution in [-0.2, 0) is 11.8 Å². The molecule has 0 radical (unpaired) electrons. The number of Topliss-reactive ketones (excluding diaryl/α,β-unsaturated/α-hetero) is 1. The van der Waals surface area contributed by atoms with Crippen molar-refractivity contribution in [1.29, 1.82) is 0 Å². The predicted octanol–water partition coefficient (Wildman–Crippen LogP) is 7.33. The van der Waals surface area contributed by atoms with Gasteiger partial charge in [-0.15, -0.1) is 6.58 Å². The van der Waals surface area contributed by atoms with E-state index in [9.17, 15) is 4.79 Å². The van der Waals surface area contributed by atoms with Crippen LogP contribution in [0.3, 0.4) is 0 Å². The molecule has 142 valence electrons. The summed E-state index contributed by atoms with van der Waals surface area (Å²) in [4.78, 5) is 12.2. The first kappa shape index (κ1) is 23.9. The third-order valence-corrected chi connectivity index (χ3v) is 3.83. The van der Waals surface area contributed by atoms with E-state index in [1.807, 2.05) is 32.9 Å². The summed E-state index contributed by atoms with van der Waals surface area (Å²) in [6.45, 7) is 17.9. The van der Waals surface area contributed by atoms with Gasteiger partial charge in [0.2, 0.25) is 0 Å². The van der Waals surface area contributed by atoms with Crippen LogP contribution >= 0.6 is 0 Å². The van der Waals surface area contributed by atoms with E-state index < -0.39 is 0 Å². The van der Waals surface area contributed by atoms with E-state index in [1.165, 1.54) is 16.7 Å². The van der Waals surface area contributed by atoms with Gasteiger partial charge in [-0.25, -0.2) is 0 Å². The second-order valence-electron chi connectivity index (χ2n) is 7.14. The third kappa shape index (κ3) is 8.80. The van der Waals surface area contributed by atoms with Crippen LogP contribution in [0.1, 0.15) is 75.0 Å². The van der Waals surface area contributed by atoms with Gasteiger partial charge in [0.05, 0.1) is 0 Å². The van der Waals surface area contributed by atoms with Crippen molar-refractivity contribution in [3.05, 3.63) is 83.4 Å². The van der Waals surface area contributed by atoms with Crippen molar-refractivity contribution in [3.8, 4) is 0 Å². The first-order valence-electron chi connectivity index (χ1n) is 9.54. The lowest BCUT2D eigenvalue weighted by Crippen LogP contribution is -2.11. The maximum absolute atomic E-state index is 12.2. The highest BCUT2D eigenvalue weighted by molar-refractivity contribution is 5.96. The largest absolute Gasteiger partial charge is 0.294 e. The Morgan fingerprint density at radius 2 is 1.42 bits per heavy atom. The van der Waals surface area contributed by atoms with E-state index in [-0.39, 0.29) is 11.2 Å². The Morgan fingerprint density at radius 3 is 1.85 bits per heavy atom. The molecule has 2 aromatic rings. The Hall–Kier alpha value is -2.15. The topological polar surface area (TPSA) is 17.1 Å².